The van der Waals surface area contributed by atoms with Crippen LogP contribution < -0.4 is 11.1 Å². The number of aliphatic imine (C=N–C) groups is 1. The van der Waals surface area contributed by atoms with Crippen LogP contribution in [0.3, 0.4) is 0 Å². The number of anilines is 1. The fourth-order valence-electron chi connectivity index (χ4n) is 2.23. The molecule has 0 radical (unpaired) electrons. The first kappa shape index (κ1) is 10.8. The molecule has 2 amide bonds. The molecule has 2 heterocycles. The molecule has 3 N–H and O–H groups in total. The van der Waals surface area contributed by atoms with E-state index in [1.54, 1.807) is 17.3 Å². The lowest BCUT2D eigenvalue weighted by molar-refractivity contribution is -0.125. The van der Waals surface area contributed by atoms with Crippen LogP contribution in [0.25, 0.3) is 0 Å². The van der Waals surface area contributed by atoms with Crippen LogP contribution in [0.1, 0.15) is 12.0 Å². The van der Waals surface area contributed by atoms with Crippen LogP contribution in [0.2, 0.25) is 0 Å². The van der Waals surface area contributed by atoms with Gasteiger partial charge in [-0.1, -0.05) is 0 Å². The zero-order valence-electron chi connectivity index (χ0n) is 9.59. The second-order valence-electron chi connectivity index (χ2n) is 4.44. The molecule has 0 bridgehead atoms. The van der Waals surface area contributed by atoms with Crippen LogP contribution in [0.5, 0.6) is 0 Å². The van der Waals surface area contributed by atoms with Crippen LogP contribution in [0, 0.1) is 0 Å². The van der Waals surface area contributed by atoms with Crippen LogP contribution in [-0.4, -0.2) is 29.1 Å². The highest BCUT2D eigenvalue weighted by molar-refractivity contribution is 6.06. The first-order valence-corrected chi connectivity index (χ1v) is 5.65. The summed E-state index contributed by atoms with van der Waals surface area (Å²) in [6, 6.07) is 5.01. The molecule has 3 rings (SSSR count). The maximum Gasteiger partial charge on any atom is 0.249 e. The number of nitrogens with two attached hydrogens (primary N) is 1. The average molecular weight is 244 g/mol. The van der Waals surface area contributed by atoms with Gasteiger partial charge in [-0.3, -0.25) is 14.9 Å². The highest BCUT2D eigenvalue weighted by atomic mass is 16.2. The molecule has 18 heavy (non-hydrogen) atoms. The number of imide groups is 1. The number of hydrogen-bond acceptors (Lipinski definition) is 5. The van der Waals surface area contributed by atoms with Gasteiger partial charge in [-0.15, -0.1) is 0 Å². The topological polar surface area (TPSA) is 87.8 Å². The third kappa shape index (κ3) is 1.71. The molecule has 1 unspecified atom stereocenters. The molecule has 6 heteroatoms. The maximum absolute atomic E-state index is 11.6. The van der Waals surface area contributed by atoms with Crippen molar-refractivity contribution in [2.45, 2.75) is 19.0 Å². The van der Waals surface area contributed by atoms with Gasteiger partial charge in [0.1, 0.15) is 6.04 Å². The number of carbonyl (C=O) groups excluding carboxylic acids is 2. The molecule has 0 aliphatic carbocycles. The second-order valence-corrected chi connectivity index (χ2v) is 4.44. The minimum Gasteiger partial charge on any atom is -0.399 e. The summed E-state index contributed by atoms with van der Waals surface area (Å²) in [6.45, 7) is 0.537. The fourth-order valence-corrected chi connectivity index (χ4v) is 2.23. The van der Waals surface area contributed by atoms with Crippen LogP contribution in [0.4, 0.5) is 11.4 Å². The molecule has 2 aliphatic rings. The number of nitrogens with one attached hydrogen (secondary N) is 1. The summed E-state index contributed by atoms with van der Waals surface area (Å²) in [7, 11) is 0. The number of amides is 2. The van der Waals surface area contributed by atoms with Gasteiger partial charge in [0, 0.05) is 12.2 Å². The van der Waals surface area contributed by atoms with E-state index in [2.05, 4.69) is 10.3 Å². The van der Waals surface area contributed by atoms with Gasteiger partial charge in [-0.05, 0) is 23.8 Å². The van der Waals surface area contributed by atoms with E-state index in [4.69, 9.17) is 5.73 Å². The molecule has 1 fully saturated rings. The number of benzene rings is 1. The van der Waals surface area contributed by atoms with E-state index in [1.165, 1.54) is 0 Å². The molecule has 1 aromatic rings. The van der Waals surface area contributed by atoms with Crippen molar-refractivity contribution >= 4 is 29.5 Å². The summed E-state index contributed by atoms with van der Waals surface area (Å²) in [6.07, 6.45) is 1.80. The lowest BCUT2D eigenvalue weighted by Crippen LogP contribution is -2.40. The number of hydrogen-bond donors (Lipinski definition) is 2. The Kier molecular flexibility index (Phi) is 2.29. The van der Waals surface area contributed by atoms with Crippen molar-refractivity contribution in [1.82, 2.24) is 10.2 Å². The molecule has 1 atom stereocenters. The number of fused-ring (bicyclic) bond motifs is 1. The van der Waals surface area contributed by atoms with E-state index in [0.717, 1.165) is 11.3 Å². The Labute approximate surface area is 103 Å². The minimum atomic E-state index is -0.462. The van der Waals surface area contributed by atoms with Gasteiger partial charge < -0.3 is 10.6 Å². The lowest BCUT2D eigenvalue weighted by Gasteiger charge is -2.27. The molecule has 0 spiro atoms. The Bertz CT molecular complexity index is 567. The summed E-state index contributed by atoms with van der Waals surface area (Å²) >= 11 is 0. The fraction of sp³-hybridized carbons (Fsp3) is 0.250. The Morgan fingerprint density at radius 1 is 1.39 bits per heavy atom. The number of nitrogens with zero attached hydrogens (tertiary/aromatic N) is 2. The maximum atomic E-state index is 11.6. The predicted molar refractivity (Wildman–Crippen MR) is 66.1 cm³/mol. The van der Waals surface area contributed by atoms with Crippen LogP contribution in [-0.2, 0) is 16.1 Å². The van der Waals surface area contributed by atoms with Crippen molar-refractivity contribution in [3.63, 3.8) is 0 Å². The standard InChI is InChI=1S/C12H12N4O2/c13-8-1-2-9-7(3-8)5-16(6-14-9)10-4-11(17)15-12(10)18/h1-3,6,10H,4-5,13H2,(H,15,17,18). The highest BCUT2D eigenvalue weighted by Crippen LogP contribution is 2.27. The summed E-state index contributed by atoms with van der Waals surface area (Å²) in [5, 5.41) is 2.29. The number of carbonyl (C=O) groups is 2. The van der Waals surface area contributed by atoms with Crippen molar-refractivity contribution in [1.29, 1.82) is 0 Å². The third-order valence-corrected chi connectivity index (χ3v) is 3.15. The number of nitrogen functional groups attached to an aromatic ring is 1. The Morgan fingerprint density at radius 3 is 2.94 bits per heavy atom. The lowest BCUT2D eigenvalue weighted by atomic mass is 10.1. The Hall–Kier alpha value is -2.37. The highest BCUT2D eigenvalue weighted by Gasteiger charge is 2.35. The molecule has 2 aliphatic heterocycles. The van der Waals surface area contributed by atoms with E-state index >= 15 is 0 Å². The smallest absolute Gasteiger partial charge is 0.249 e. The SMILES string of the molecule is Nc1ccc2c(c1)CN(C1CC(=O)NC1=O)C=N2. The van der Waals surface area contributed by atoms with Gasteiger partial charge in [-0.2, -0.15) is 0 Å². The van der Waals surface area contributed by atoms with E-state index < -0.39 is 6.04 Å². The van der Waals surface area contributed by atoms with Gasteiger partial charge in [0.25, 0.3) is 0 Å². The molecule has 1 saturated heterocycles. The molecular formula is C12H12N4O2. The monoisotopic (exact) mass is 244 g/mol. The van der Waals surface area contributed by atoms with Crippen molar-refractivity contribution in [2.24, 2.45) is 4.99 Å². The largest absolute Gasteiger partial charge is 0.399 e. The zero-order chi connectivity index (χ0) is 12.7. The molecular weight excluding hydrogens is 232 g/mol. The first-order valence-electron chi connectivity index (χ1n) is 5.65. The van der Waals surface area contributed by atoms with E-state index in [0.29, 0.717) is 12.2 Å². The first-order chi connectivity index (χ1) is 8.63. The van der Waals surface area contributed by atoms with Crippen LogP contribution in [0.15, 0.2) is 23.2 Å². The quantitative estimate of drug-likeness (QED) is 0.544. The molecule has 0 aromatic heterocycles. The average Bonchev–Trinajstić information content (AvgIpc) is 2.67. The van der Waals surface area contributed by atoms with E-state index in [1.807, 2.05) is 12.1 Å². The molecule has 92 valence electrons. The summed E-state index contributed by atoms with van der Waals surface area (Å²) in [5.41, 5.74) is 8.21. The van der Waals surface area contributed by atoms with Crippen molar-refractivity contribution in [3.05, 3.63) is 23.8 Å². The van der Waals surface area contributed by atoms with E-state index in [-0.39, 0.29) is 18.2 Å². The summed E-state index contributed by atoms with van der Waals surface area (Å²) in [4.78, 5) is 28.8. The number of rotatable bonds is 1. The molecule has 0 saturated carbocycles. The van der Waals surface area contributed by atoms with Gasteiger partial charge in [0.15, 0.2) is 0 Å². The second kappa shape index (κ2) is 3.83. The van der Waals surface area contributed by atoms with Gasteiger partial charge >= 0.3 is 0 Å². The van der Waals surface area contributed by atoms with Crippen molar-refractivity contribution in [2.75, 3.05) is 5.73 Å². The van der Waals surface area contributed by atoms with Gasteiger partial charge in [0.2, 0.25) is 11.8 Å². The van der Waals surface area contributed by atoms with Gasteiger partial charge in [-0.25, -0.2) is 4.99 Å². The Balaban J connectivity index is 1.87. The predicted octanol–water partition coefficient (Wildman–Crippen LogP) is 0.159. The molecule has 1 aromatic carbocycles. The van der Waals surface area contributed by atoms with Crippen molar-refractivity contribution in [3.8, 4) is 0 Å². The minimum absolute atomic E-state index is 0.183. The summed E-state index contributed by atoms with van der Waals surface area (Å²) < 4.78 is 0. The van der Waals surface area contributed by atoms with Crippen molar-refractivity contribution < 1.29 is 9.59 Å². The zero-order valence-corrected chi connectivity index (χ0v) is 9.59. The Morgan fingerprint density at radius 2 is 2.22 bits per heavy atom. The third-order valence-electron chi connectivity index (χ3n) is 3.15. The van der Waals surface area contributed by atoms with E-state index in [9.17, 15) is 9.59 Å². The van der Waals surface area contributed by atoms with Gasteiger partial charge in [0.05, 0.1) is 18.4 Å². The summed E-state index contributed by atoms with van der Waals surface area (Å²) in [5.74, 6) is -0.504. The van der Waals surface area contributed by atoms with Crippen LogP contribution >= 0.6 is 0 Å². The molecule has 6 nitrogen and oxygen atoms in total. The normalized spacial score (nSPS) is 22.0.